The molecule has 0 saturated carbocycles. The van der Waals surface area contributed by atoms with Crippen LogP contribution in [-0.4, -0.2) is 41.0 Å². The molecule has 1 unspecified atom stereocenters. The van der Waals surface area contributed by atoms with Crippen molar-refractivity contribution < 1.29 is 9.53 Å². The number of imidazole rings is 1. The van der Waals surface area contributed by atoms with Gasteiger partial charge < -0.3 is 10.1 Å². The van der Waals surface area contributed by atoms with Crippen molar-refractivity contribution in [2.45, 2.75) is 23.8 Å². The van der Waals surface area contributed by atoms with E-state index in [0.717, 1.165) is 21.7 Å². The van der Waals surface area contributed by atoms with E-state index in [-0.39, 0.29) is 11.2 Å². The van der Waals surface area contributed by atoms with Crippen LogP contribution in [0.3, 0.4) is 0 Å². The highest BCUT2D eigenvalue weighted by Crippen LogP contribution is 2.25. The number of carbonyl (C=O) groups is 1. The Morgan fingerprint density at radius 2 is 2.17 bits per heavy atom. The molecule has 0 bridgehead atoms. The summed E-state index contributed by atoms with van der Waals surface area (Å²) in [6.07, 6.45) is 4.45. The number of methoxy groups -OCH3 is 1. The van der Waals surface area contributed by atoms with E-state index in [1.165, 1.54) is 11.8 Å². The van der Waals surface area contributed by atoms with Crippen LogP contribution < -0.4 is 5.32 Å². The number of aromatic nitrogens is 2. The molecule has 0 aliphatic heterocycles. The second-order valence-electron chi connectivity index (χ2n) is 4.95. The molecule has 0 spiro atoms. The molecule has 1 amide bonds. The number of nitrogens with zero attached hydrogens (tertiary/aromatic N) is 2. The Morgan fingerprint density at radius 1 is 1.43 bits per heavy atom. The predicted octanol–water partition coefficient (Wildman–Crippen LogP) is 3.27. The summed E-state index contributed by atoms with van der Waals surface area (Å²) in [5, 5.41) is 3.50. The van der Waals surface area contributed by atoms with Crippen LogP contribution in [0.5, 0.6) is 0 Å². The van der Waals surface area contributed by atoms with Crippen LogP contribution in [0.2, 0.25) is 0 Å². The molecule has 1 aromatic carbocycles. The molecule has 124 valence electrons. The molecular weight excluding hydrogens is 378 g/mol. The van der Waals surface area contributed by atoms with Gasteiger partial charge in [-0.1, -0.05) is 27.7 Å². The molecular formula is C16H20BrN3O2S. The van der Waals surface area contributed by atoms with Crippen LogP contribution in [0.15, 0.2) is 46.3 Å². The Balaban J connectivity index is 1.96. The predicted molar refractivity (Wildman–Crippen MR) is 96.1 cm³/mol. The van der Waals surface area contributed by atoms with E-state index in [1.807, 2.05) is 42.0 Å². The smallest absolute Gasteiger partial charge is 0.233 e. The molecule has 0 fully saturated rings. The van der Waals surface area contributed by atoms with E-state index in [1.54, 1.807) is 13.3 Å². The topological polar surface area (TPSA) is 56.1 Å². The molecule has 1 atom stereocenters. The zero-order chi connectivity index (χ0) is 16.7. The molecule has 0 radical (unpaired) electrons. The maximum atomic E-state index is 12.1. The first kappa shape index (κ1) is 18.0. The number of rotatable bonds is 8. The van der Waals surface area contributed by atoms with Crippen LogP contribution in [0.25, 0.3) is 5.69 Å². The highest BCUT2D eigenvalue weighted by atomic mass is 79.9. The van der Waals surface area contributed by atoms with Crippen molar-refractivity contribution in [3.8, 4) is 5.69 Å². The minimum Gasteiger partial charge on any atom is -0.385 e. The van der Waals surface area contributed by atoms with Gasteiger partial charge in [-0.2, -0.15) is 0 Å². The first-order valence-corrected chi connectivity index (χ1v) is 9.01. The fourth-order valence-corrected chi connectivity index (χ4v) is 3.13. The van der Waals surface area contributed by atoms with Gasteiger partial charge in [-0.25, -0.2) is 4.98 Å². The number of amides is 1. The number of benzene rings is 1. The normalized spacial score (nSPS) is 12.1. The second kappa shape index (κ2) is 9.10. The number of nitrogens with one attached hydrogen (secondary N) is 1. The van der Waals surface area contributed by atoms with Gasteiger partial charge in [-0.3, -0.25) is 9.36 Å². The molecule has 1 aromatic heterocycles. The minimum atomic E-state index is -0.214. The molecule has 1 heterocycles. The van der Waals surface area contributed by atoms with Crippen LogP contribution in [0.1, 0.15) is 13.3 Å². The molecule has 7 heteroatoms. The number of ether oxygens (including phenoxy) is 1. The summed E-state index contributed by atoms with van der Waals surface area (Å²) in [4.78, 5) is 16.5. The number of halogens is 1. The van der Waals surface area contributed by atoms with Gasteiger partial charge >= 0.3 is 0 Å². The van der Waals surface area contributed by atoms with E-state index in [2.05, 4.69) is 26.2 Å². The van der Waals surface area contributed by atoms with Gasteiger partial charge in [0.15, 0.2) is 5.16 Å². The number of thioether (sulfide) groups is 1. The lowest BCUT2D eigenvalue weighted by Crippen LogP contribution is -2.32. The molecule has 0 saturated heterocycles. The highest BCUT2D eigenvalue weighted by molar-refractivity contribution is 9.10. The third kappa shape index (κ3) is 5.37. The molecule has 2 aromatic rings. The number of carbonyl (C=O) groups excluding carboxylic acids is 1. The van der Waals surface area contributed by atoms with E-state index >= 15 is 0 Å². The van der Waals surface area contributed by atoms with Crippen molar-refractivity contribution in [2.75, 3.05) is 20.3 Å². The van der Waals surface area contributed by atoms with Gasteiger partial charge in [-0.05, 0) is 37.6 Å². The summed E-state index contributed by atoms with van der Waals surface area (Å²) in [5.41, 5.74) is 1.01. The Morgan fingerprint density at radius 3 is 2.87 bits per heavy atom. The summed E-state index contributed by atoms with van der Waals surface area (Å²) in [7, 11) is 1.66. The third-order valence-electron chi connectivity index (χ3n) is 3.19. The monoisotopic (exact) mass is 397 g/mol. The first-order chi connectivity index (χ1) is 11.1. The molecule has 0 aliphatic rings. The van der Waals surface area contributed by atoms with Crippen molar-refractivity contribution in [1.29, 1.82) is 0 Å². The van der Waals surface area contributed by atoms with E-state index in [9.17, 15) is 4.79 Å². The molecule has 0 aliphatic carbocycles. The maximum absolute atomic E-state index is 12.1. The van der Waals surface area contributed by atoms with Crippen LogP contribution >= 0.6 is 27.7 Å². The van der Waals surface area contributed by atoms with Crippen molar-refractivity contribution in [2.24, 2.45) is 0 Å². The van der Waals surface area contributed by atoms with E-state index in [4.69, 9.17) is 4.74 Å². The minimum absolute atomic E-state index is 0.0106. The van der Waals surface area contributed by atoms with E-state index < -0.39 is 0 Å². The van der Waals surface area contributed by atoms with Gasteiger partial charge in [0.2, 0.25) is 5.91 Å². The Labute approximate surface area is 148 Å². The second-order valence-corrected chi connectivity index (χ2v) is 7.18. The molecule has 2 rings (SSSR count). The fourth-order valence-electron chi connectivity index (χ4n) is 1.96. The average Bonchev–Trinajstić information content (AvgIpc) is 3.00. The highest BCUT2D eigenvalue weighted by Gasteiger charge is 2.17. The largest absolute Gasteiger partial charge is 0.385 e. The lowest BCUT2D eigenvalue weighted by molar-refractivity contribution is -0.120. The van der Waals surface area contributed by atoms with Crippen LogP contribution in [0.4, 0.5) is 0 Å². The first-order valence-electron chi connectivity index (χ1n) is 7.34. The van der Waals surface area contributed by atoms with Gasteiger partial charge in [0.1, 0.15) is 0 Å². The lowest BCUT2D eigenvalue weighted by Gasteiger charge is -2.13. The van der Waals surface area contributed by atoms with Crippen molar-refractivity contribution in [1.82, 2.24) is 14.9 Å². The Bertz CT molecular complexity index is 631. The molecule has 23 heavy (non-hydrogen) atoms. The van der Waals surface area contributed by atoms with Gasteiger partial charge in [0, 0.05) is 42.8 Å². The third-order valence-corrected chi connectivity index (χ3v) is 4.80. The van der Waals surface area contributed by atoms with Gasteiger partial charge in [-0.15, -0.1) is 0 Å². The fraction of sp³-hybridized carbons (Fsp3) is 0.375. The number of hydrogen-bond donors (Lipinski definition) is 1. The Hall–Kier alpha value is -1.31. The zero-order valence-electron chi connectivity index (χ0n) is 13.2. The van der Waals surface area contributed by atoms with Gasteiger partial charge in [0.25, 0.3) is 0 Å². The van der Waals surface area contributed by atoms with Crippen molar-refractivity contribution in [3.63, 3.8) is 0 Å². The lowest BCUT2D eigenvalue weighted by atomic mass is 10.3. The summed E-state index contributed by atoms with van der Waals surface area (Å²) in [6, 6.07) is 7.97. The van der Waals surface area contributed by atoms with Gasteiger partial charge in [0.05, 0.1) is 5.25 Å². The summed E-state index contributed by atoms with van der Waals surface area (Å²) >= 11 is 4.87. The summed E-state index contributed by atoms with van der Waals surface area (Å²) < 4.78 is 7.97. The maximum Gasteiger partial charge on any atom is 0.233 e. The van der Waals surface area contributed by atoms with E-state index in [0.29, 0.717) is 13.2 Å². The molecule has 5 nitrogen and oxygen atoms in total. The Kier molecular flexibility index (Phi) is 7.14. The molecule has 1 N–H and O–H groups in total. The van der Waals surface area contributed by atoms with Crippen LogP contribution in [0, 0.1) is 0 Å². The SMILES string of the molecule is COCCCNC(=O)C(C)Sc1nccn1-c1ccc(Br)cc1. The van der Waals surface area contributed by atoms with Crippen LogP contribution in [-0.2, 0) is 9.53 Å². The summed E-state index contributed by atoms with van der Waals surface area (Å²) in [5.74, 6) is 0.0106. The number of hydrogen-bond acceptors (Lipinski definition) is 4. The quantitative estimate of drug-likeness (QED) is 0.548. The summed E-state index contributed by atoms with van der Waals surface area (Å²) in [6.45, 7) is 3.16. The zero-order valence-corrected chi connectivity index (χ0v) is 15.6. The standard InChI is InChI=1S/C16H20BrN3O2S/c1-12(15(21)18-8-3-11-22-2)23-16-19-9-10-20(16)14-6-4-13(17)5-7-14/h4-7,9-10,12H,3,8,11H2,1-2H3,(H,18,21). The van der Waals surface area contributed by atoms with Crippen molar-refractivity contribution >= 4 is 33.6 Å². The average molecular weight is 398 g/mol. The van der Waals surface area contributed by atoms with Crippen molar-refractivity contribution in [3.05, 3.63) is 41.1 Å².